The van der Waals surface area contributed by atoms with E-state index in [9.17, 15) is 80.5 Å². The molecule has 3 aromatic rings. The SMILES string of the molecule is O=C(O)[C@H]1O[C@@H](Oc2ccc(-c3cc(=O)c4ccc(O[C@@H]5O[C@H](C(=O)O)[C@@H](O)[C@H](O)[C@H]5O[C@@H]5O[C@H](C(=O)O)[C@@H](O)[C@H](O)[C@H]5O)cc4o3)cc2O)[C@H](O)[C@@H](O)[C@@H]1O. The van der Waals surface area contributed by atoms with E-state index in [-0.39, 0.29) is 33.8 Å². The number of hydrogen-bond acceptors (Lipinski definition) is 20. The van der Waals surface area contributed by atoms with E-state index in [1.807, 2.05) is 0 Å². The van der Waals surface area contributed by atoms with Gasteiger partial charge in [-0.3, -0.25) is 4.79 Å². The van der Waals surface area contributed by atoms with Crippen molar-refractivity contribution in [3.05, 3.63) is 52.7 Å². The summed E-state index contributed by atoms with van der Waals surface area (Å²) in [4.78, 5) is 47.9. The van der Waals surface area contributed by atoms with Gasteiger partial charge in [-0.2, -0.15) is 0 Å². The first-order valence-corrected chi connectivity index (χ1v) is 16.4. The number of ether oxygens (including phenoxy) is 6. The molecule has 4 heterocycles. The fourth-order valence-electron chi connectivity index (χ4n) is 6.13. The Bertz CT molecular complexity index is 2020. The maximum absolute atomic E-state index is 13.1. The van der Waals surface area contributed by atoms with Crippen LogP contribution in [0.25, 0.3) is 22.3 Å². The molecule has 0 aliphatic carbocycles. The maximum atomic E-state index is 13.1. The Labute approximate surface area is 310 Å². The Morgan fingerprint density at radius 1 is 0.571 bits per heavy atom. The Morgan fingerprint density at radius 2 is 1.11 bits per heavy atom. The molecule has 0 saturated carbocycles. The third-order valence-electron chi connectivity index (χ3n) is 9.15. The molecule has 0 radical (unpaired) electrons. The zero-order valence-corrected chi connectivity index (χ0v) is 28.1. The molecule has 56 heavy (non-hydrogen) atoms. The highest BCUT2D eigenvalue weighted by molar-refractivity contribution is 5.80. The molecular weight excluding hydrogens is 764 g/mol. The van der Waals surface area contributed by atoms with Crippen LogP contribution in [0.2, 0.25) is 0 Å². The zero-order valence-electron chi connectivity index (χ0n) is 28.1. The fraction of sp³-hybridized carbons (Fsp3) is 0.455. The van der Waals surface area contributed by atoms with Gasteiger partial charge in [0.1, 0.15) is 65.9 Å². The number of phenolic OH excluding ortho intramolecular Hbond substituents is 1. The van der Waals surface area contributed by atoms with E-state index >= 15 is 0 Å². The zero-order chi connectivity index (χ0) is 40.9. The second-order valence-corrected chi connectivity index (χ2v) is 12.9. The van der Waals surface area contributed by atoms with E-state index in [0.717, 1.165) is 24.3 Å². The molecule has 3 fully saturated rings. The molecule has 6 rings (SSSR count). The van der Waals surface area contributed by atoms with Crippen LogP contribution in [0.3, 0.4) is 0 Å². The number of carboxylic acids is 3. The molecule has 3 aliphatic rings. The van der Waals surface area contributed by atoms with E-state index in [0.29, 0.717) is 0 Å². The summed E-state index contributed by atoms with van der Waals surface area (Å²) in [5.41, 5.74) is -0.727. The van der Waals surface area contributed by atoms with Crippen LogP contribution in [0.15, 0.2) is 51.7 Å². The van der Waals surface area contributed by atoms with Gasteiger partial charge in [-0.15, -0.1) is 0 Å². The molecule has 0 spiro atoms. The Morgan fingerprint density at radius 3 is 1.68 bits per heavy atom. The van der Waals surface area contributed by atoms with Crippen molar-refractivity contribution in [2.24, 2.45) is 0 Å². The molecular formula is C33H34O23. The quantitative estimate of drug-likeness (QED) is 0.0921. The first kappa shape index (κ1) is 40.6. The second-order valence-electron chi connectivity index (χ2n) is 12.9. The van der Waals surface area contributed by atoms with Gasteiger partial charge in [-0.25, -0.2) is 14.4 Å². The summed E-state index contributed by atoms with van der Waals surface area (Å²) in [6, 6.07) is 8.05. The number of carbonyl (C=O) groups is 3. The number of fused-ring (bicyclic) bond motifs is 1. The van der Waals surface area contributed by atoms with Crippen molar-refractivity contribution in [3.8, 4) is 28.6 Å². The van der Waals surface area contributed by atoms with Crippen molar-refractivity contribution in [2.75, 3.05) is 0 Å². The third-order valence-corrected chi connectivity index (χ3v) is 9.15. The molecule has 3 saturated heterocycles. The molecule has 15 atom stereocenters. The molecule has 23 heteroatoms. The van der Waals surface area contributed by atoms with Gasteiger partial charge in [0.25, 0.3) is 0 Å². The average molecular weight is 799 g/mol. The molecule has 0 bridgehead atoms. The largest absolute Gasteiger partial charge is 0.504 e. The van der Waals surface area contributed by atoms with E-state index in [2.05, 4.69) is 0 Å². The number of phenols is 1. The summed E-state index contributed by atoms with van der Waals surface area (Å²) < 4.78 is 37.9. The van der Waals surface area contributed by atoms with Crippen LogP contribution in [0.4, 0.5) is 0 Å². The first-order chi connectivity index (χ1) is 26.4. The third kappa shape index (κ3) is 7.70. The van der Waals surface area contributed by atoms with Gasteiger partial charge in [0.15, 0.2) is 47.6 Å². The van der Waals surface area contributed by atoms with E-state index in [1.165, 1.54) is 18.2 Å². The summed E-state index contributed by atoms with van der Waals surface area (Å²) in [5.74, 6) is -6.59. The number of aliphatic hydroxyl groups excluding tert-OH is 8. The lowest BCUT2D eigenvalue weighted by molar-refractivity contribution is -0.350. The fourth-order valence-corrected chi connectivity index (χ4v) is 6.13. The lowest BCUT2D eigenvalue weighted by atomic mass is 9.97. The Balaban J connectivity index is 1.26. The van der Waals surface area contributed by atoms with Crippen LogP contribution < -0.4 is 14.9 Å². The van der Waals surface area contributed by atoms with Crippen molar-refractivity contribution in [1.82, 2.24) is 0 Å². The molecule has 23 nitrogen and oxygen atoms in total. The van der Waals surface area contributed by atoms with Crippen LogP contribution in [-0.4, -0.2) is 171 Å². The monoisotopic (exact) mass is 798 g/mol. The lowest BCUT2D eigenvalue weighted by Crippen LogP contribution is -2.66. The van der Waals surface area contributed by atoms with Crippen LogP contribution in [-0.2, 0) is 33.3 Å². The van der Waals surface area contributed by atoms with Gasteiger partial charge in [-0.05, 0) is 30.3 Å². The van der Waals surface area contributed by atoms with Gasteiger partial charge in [0.2, 0.25) is 12.6 Å². The number of rotatable bonds is 10. The number of benzene rings is 2. The normalized spacial score (nSPS) is 36.1. The summed E-state index contributed by atoms with van der Waals surface area (Å²) >= 11 is 0. The van der Waals surface area contributed by atoms with Crippen molar-refractivity contribution >= 4 is 28.9 Å². The second kappa shape index (κ2) is 15.8. The molecule has 0 amide bonds. The number of aliphatic hydroxyl groups is 8. The summed E-state index contributed by atoms with van der Waals surface area (Å²) in [6.07, 6.45) is -30.8. The molecule has 2 aromatic carbocycles. The number of aromatic hydroxyl groups is 1. The molecule has 12 N–H and O–H groups in total. The standard InChI is InChI=1S/C33H34O23/c34-11-7-14(8-1-4-13(12(35)5-8)52-31-22(42)16(36)18(38)24(53-31)28(44)45)51-15-6-9(2-3-10(11)15)50-33-27(21(41)20(40)26(55-33)30(48)49)56-32-23(43)17(37)19(39)25(54-32)29(46)47/h1-7,16-27,31-33,35-43H,(H,44,45)(H,46,47)(H,48,49)/t16-,17-,18-,19-,20-,21-,22+,23+,24-,25-,26-,27+,31+,32-,33+/m0/s1. The highest BCUT2D eigenvalue weighted by Gasteiger charge is 2.54. The van der Waals surface area contributed by atoms with Crippen LogP contribution >= 0.6 is 0 Å². The lowest BCUT2D eigenvalue weighted by Gasteiger charge is -2.44. The van der Waals surface area contributed by atoms with Crippen LogP contribution in [0.1, 0.15) is 0 Å². The van der Waals surface area contributed by atoms with Crippen molar-refractivity contribution < 1.29 is 109 Å². The smallest absolute Gasteiger partial charge is 0.335 e. The maximum Gasteiger partial charge on any atom is 0.335 e. The van der Waals surface area contributed by atoms with Gasteiger partial charge in [0.05, 0.1) is 5.39 Å². The topological polar surface area (TPSA) is 380 Å². The van der Waals surface area contributed by atoms with Crippen molar-refractivity contribution in [1.29, 1.82) is 0 Å². The highest BCUT2D eigenvalue weighted by atomic mass is 16.8. The molecule has 3 aliphatic heterocycles. The summed E-state index contributed by atoms with van der Waals surface area (Å²) in [5, 5.41) is 121. The van der Waals surface area contributed by atoms with Crippen LogP contribution in [0, 0.1) is 0 Å². The van der Waals surface area contributed by atoms with Gasteiger partial charge in [0, 0.05) is 17.7 Å². The number of hydrogen-bond donors (Lipinski definition) is 12. The number of carboxylic acid groups (broad SMARTS) is 3. The van der Waals surface area contributed by atoms with E-state index in [4.69, 9.17) is 32.8 Å². The predicted molar refractivity (Wildman–Crippen MR) is 173 cm³/mol. The Kier molecular flexibility index (Phi) is 11.5. The molecule has 1 aromatic heterocycles. The van der Waals surface area contributed by atoms with Gasteiger partial charge in [-0.1, -0.05) is 0 Å². The first-order valence-electron chi connectivity index (χ1n) is 16.4. The molecule has 304 valence electrons. The minimum Gasteiger partial charge on any atom is -0.504 e. The van der Waals surface area contributed by atoms with E-state index < -0.39 is 121 Å². The van der Waals surface area contributed by atoms with Crippen molar-refractivity contribution in [2.45, 2.75) is 92.1 Å². The minimum atomic E-state index is -2.18. The number of aliphatic carboxylic acids is 3. The van der Waals surface area contributed by atoms with Crippen LogP contribution in [0.5, 0.6) is 17.2 Å². The Hall–Kier alpha value is -5.02. The van der Waals surface area contributed by atoms with E-state index in [1.54, 1.807) is 0 Å². The highest BCUT2D eigenvalue weighted by Crippen LogP contribution is 2.36. The minimum absolute atomic E-state index is 0.0235. The summed E-state index contributed by atoms with van der Waals surface area (Å²) in [6.45, 7) is 0. The molecule has 0 unspecified atom stereocenters. The average Bonchev–Trinajstić information content (AvgIpc) is 3.14. The predicted octanol–water partition coefficient (Wildman–Crippen LogP) is -4.38. The van der Waals surface area contributed by atoms with Crippen molar-refractivity contribution in [3.63, 3.8) is 0 Å². The van der Waals surface area contributed by atoms with Gasteiger partial charge >= 0.3 is 17.9 Å². The summed E-state index contributed by atoms with van der Waals surface area (Å²) in [7, 11) is 0. The van der Waals surface area contributed by atoms with Gasteiger partial charge < -0.3 is 94.1 Å².